The lowest BCUT2D eigenvalue weighted by atomic mass is 9.94. The van der Waals surface area contributed by atoms with Gasteiger partial charge in [-0.1, -0.05) is 70.4 Å². The summed E-state index contributed by atoms with van der Waals surface area (Å²) in [6.45, 7) is 9.50. The fraction of sp³-hybridized carbons (Fsp3) is 0.571. The number of nitrogens with zero attached hydrogens (tertiary/aromatic N) is 3. The molecule has 2 amide bonds. The van der Waals surface area contributed by atoms with E-state index in [9.17, 15) is 9.59 Å². The van der Waals surface area contributed by atoms with Crippen molar-refractivity contribution in [2.24, 2.45) is 5.92 Å². The highest BCUT2D eigenvalue weighted by Crippen LogP contribution is 2.25. The van der Waals surface area contributed by atoms with Crippen molar-refractivity contribution < 1.29 is 9.59 Å². The number of benzene rings is 1. The van der Waals surface area contributed by atoms with Gasteiger partial charge >= 0.3 is 0 Å². The molecular formula is C28H41N3O2. The van der Waals surface area contributed by atoms with Gasteiger partial charge in [0.1, 0.15) is 6.54 Å². The summed E-state index contributed by atoms with van der Waals surface area (Å²) < 4.78 is 2.24. The summed E-state index contributed by atoms with van der Waals surface area (Å²) in [5.41, 5.74) is 2.39. The van der Waals surface area contributed by atoms with Crippen molar-refractivity contribution in [3.05, 3.63) is 59.9 Å². The van der Waals surface area contributed by atoms with E-state index < -0.39 is 0 Å². The molecule has 1 aliphatic carbocycles. The number of hydrogen-bond donors (Lipinski definition) is 0. The van der Waals surface area contributed by atoms with Gasteiger partial charge in [-0.15, -0.1) is 0 Å². The summed E-state index contributed by atoms with van der Waals surface area (Å²) in [6.07, 6.45) is 8.61. The van der Waals surface area contributed by atoms with Gasteiger partial charge in [-0.05, 0) is 43.9 Å². The lowest BCUT2D eigenvalue weighted by Gasteiger charge is -2.37. The first-order valence-corrected chi connectivity index (χ1v) is 12.7. The average molecular weight is 452 g/mol. The topological polar surface area (TPSA) is 45.6 Å². The van der Waals surface area contributed by atoms with Crippen LogP contribution in [0.2, 0.25) is 0 Å². The van der Waals surface area contributed by atoms with Gasteiger partial charge in [-0.25, -0.2) is 0 Å². The molecule has 1 aromatic carbocycles. The fourth-order valence-corrected chi connectivity index (χ4v) is 4.76. The van der Waals surface area contributed by atoms with E-state index in [4.69, 9.17) is 0 Å². The minimum absolute atomic E-state index is 0.0546. The molecule has 5 heteroatoms. The molecule has 0 aliphatic heterocycles. The second-order valence-corrected chi connectivity index (χ2v) is 9.80. The smallest absolute Gasteiger partial charge is 0.242 e. The Labute approximate surface area is 199 Å². The molecule has 2 aromatic rings. The van der Waals surface area contributed by atoms with E-state index in [2.05, 4.69) is 59.0 Å². The van der Waals surface area contributed by atoms with Crippen LogP contribution in [0, 0.1) is 5.92 Å². The highest BCUT2D eigenvalue weighted by molar-refractivity contribution is 5.86. The molecule has 1 aromatic heterocycles. The Kier molecular flexibility index (Phi) is 9.16. The van der Waals surface area contributed by atoms with Crippen LogP contribution in [-0.2, 0) is 22.7 Å². The molecule has 1 heterocycles. The summed E-state index contributed by atoms with van der Waals surface area (Å²) in [7, 11) is 0. The van der Waals surface area contributed by atoms with E-state index in [-0.39, 0.29) is 36.4 Å². The second kappa shape index (κ2) is 12.1. The fourth-order valence-electron chi connectivity index (χ4n) is 4.76. The van der Waals surface area contributed by atoms with Crippen LogP contribution >= 0.6 is 0 Å². The zero-order valence-electron chi connectivity index (χ0n) is 20.9. The summed E-state index contributed by atoms with van der Waals surface area (Å²) in [6, 6.07) is 14.9. The Bertz CT molecular complexity index is 884. The van der Waals surface area contributed by atoms with Crippen molar-refractivity contribution in [2.75, 3.05) is 6.54 Å². The highest BCUT2D eigenvalue weighted by atomic mass is 16.2. The average Bonchev–Trinajstić information content (AvgIpc) is 3.27. The van der Waals surface area contributed by atoms with E-state index in [1.54, 1.807) is 4.90 Å². The van der Waals surface area contributed by atoms with E-state index >= 15 is 0 Å². The zero-order valence-corrected chi connectivity index (χ0v) is 20.9. The third-order valence-corrected chi connectivity index (χ3v) is 6.99. The standard InChI is InChI=1S/C28H41N3O2/c1-5-23(4)30(28(33)22(2)3)21-27(32)31(25-15-10-7-11-16-25)20-26-17-12-18-29(26)19-24-13-8-6-9-14-24/h6,8-9,12-14,17-18,22-23,25H,5,7,10-11,15-16,19-21H2,1-4H3. The molecule has 1 atom stereocenters. The van der Waals surface area contributed by atoms with Gasteiger partial charge in [-0.2, -0.15) is 0 Å². The Morgan fingerprint density at radius 1 is 1.00 bits per heavy atom. The minimum atomic E-state index is -0.113. The number of carbonyl (C=O) groups is 2. The van der Waals surface area contributed by atoms with Crippen molar-refractivity contribution in [2.45, 2.75) is 91.4 Å². The number of amides is 2. The van der Waals surface area contributed by atoms with E-state index in [0.717, 1.165) is 31.5 Å². The maximum absolute atomic E-state index is 13.7. The van der Waals surface area contributed by atoms with Crippen LogP contribution in [-0.4, -0.2) is 44.8 Å². The number of rotatable bonds is 10. The molecule has 0 radical (unpaired) electrons. The molecule has 180 valence electrons. The molecule has 0 bridgehead atoms. The highest BCUT2D eigenvalue weighted by Gasteiger charge is 2.30. The molecule has 0 spiro atoms. The Morgan fingerprint density at radius 3 is 2.33 bits per heavy atom. The maximum atomic E-state index is 13.7. The Hall–Kier alpha value is -2.56. The van der Waals surface area contributed by atoms with Gasteiger partial charge in [-0.3, -0.25) is 9.59 Å². The molecule has 1 saturated carbocycles. The summed E-state index contributed by atoms with van der Waals surface area (Å²) in [5.74, 6) is 0.0236. The predicted octanol–water partition coefficient (Wildman–Crippen LogP) is 5.48. The van der Waals surface area contributed by atoms with Crippen LogP contribution in [0.4, 0.5) is 0 Å². The van der Waals surface area contributed by atoms with E-state index in [1.165, 1.54) is 24.8 Å². The molecule has 3 rings (SSSR count). The van der Waals surface area contributed by atoms with Gasteiger partial charge in [0.15, 0.2) is 0 Å². The summed E-state index contributed by atoms with van der Waals surface area (Å²) in [4.78, 5) is 30.5. The zero-order chi connectivity index (χ0) is 23.8. The lowest BCUT2D eigenvalue weighted by molar-refractivity contribution is -0.146. The van der Waals surface area contributed by atoms with Crippen molar-refractivity contribution in [1.29, 1.82) is 0 Å². The third kappa shape index (κ3) is 6.72. The number of carbonyl (C=O) groups excluding carboxylic acids is 2. The van der Waals surface area contributed by atoms with Crippen LogP contribution in [0.1, 0.15) is 77.5 Å². The van der Waals surface area contributed by atoms with Crippen molar-refractivity contribution in [3.63, 3.8) is 0 Å². The van der Waals surface area contributed by atoms with Gasteiger partial charge in [0.2, 0.25) is 11.8 Å². The van der Waals surface area contributed by atoms with Crippen LogP contribution in [0.3, 0.4) is 0 Å². The Balaban J connectivity index is 1.81. The third-order valence-electron chi connectivity index (χ3n) is 6.99. The molecule has 1 aliphatic rings. The maximum Gasteiger partial charge on any atom is 0.242 e. The van der Waals surface area contributed by atoms with Crippen molar-refractivity contribution in [3.8, 4) is 0 Å². The van der Waals surface area contributed by atoms with Crippen molar-refractivity contribution >= 4 is 11.8 Å². The van der Waals surface area contributed by atoms with Crippen molar-refractivity contribution in [1.82, 2.24) is 14.4 Å². The first kappa shape index (κ1) is 25.1. The van der Waals surface area contributed by atoms with E-state index in [0.29, 0.717) is 6.54 Å². The number of hydrogen-bond acceptors (Lipinski definition) is 2. The normalized spacial score (nSPS) is 15.4. The quantitative estimate of drug-likeness (QED) is 0.480. The van der Waals surface area contributed by atoms with Gasteiger partial charge in [0, 0.05) is 36.4 Å². The van der Waals surface area contributed by atoms with Gasteiger partial charge < -0.3 is 14.4 Å². The van der Waals surface area contributed by atoms with Gasteiger partial charge in [0.25, 0.3) is 0 Å². The van der Waals surface area contributed by atoms with Crippen LogP contribution in [0.5, 0.6) is 0 Å². The minimum Gasteiger partial charge on any atom is -0.345 e. The largest absolute Gasteiger partial charge is 0.345 e. The molecule has 0 N–H and O–H groups in total. The molecule has 5 nitrogen and oxygen atoms in total. The predicted molar refractivity (Wildman–Crippen MR) is 134 cm³/mol. The van der Waals surface area contributed by atoms with E-state index in [1.807, 2.05) is 26.8 Å². The second-order valence-electron chi connectivity index (χ2n) is 9.80. The van der Waals surface area contributed by atoms with Crippen LogP contribution < -0.4 is 0 Å². The molecule has 0 saturated heterocycles. The Morgan fingerprint density at radius 2 is 1.70 bits per heavy atom. The van der Waals surface area contributed by atoms with Crippen LogP contribution in [0.25, 0.3) is 0 Å². The van der Waals surface area contributed by atoms with Gasteiger partial charge in [0.05, 0.1) is 6.54 Å². The molecule has 1 fully saturated rings. The lowest BCUT2D eigenvalue weighted by Crippen LogP contribution is -2.50. The number of aromatic nitrogens is 1. The molecule has 1 unspecified atom stereocenters. The molecular weight excluding hydrogens is 410 g/mol. The monoisotopic (exact) mass is 451 g/mol. The molecule has 33 heavy (non-hydrogen) atoms. The summed E-state index contributed by atoms with van der Waals surface area (Å²) in [5, 5.41) is 0. The first-order valence-electron chi connectivity index (χ1n) is 12.7. The summed E-state index contributed by atoms with van der Waals surface area (Å²) >= 11 is 0. The first-order chi connectivity index (χ1) is 15.9. The SMILES string of the molecule is CCC(C)N(CC(=O)N(Cc1cccn1Cc1ccccc1)C1CCCCC1)C(=O)C(C)C. The van der Waals surface area contributed by atoms with Crippen LogP contribution in [0.15, 0.2) is 48.7 Å².